The second-order valence-corrected chi connectivity index (χ2v) is 16.8. The van der Waals surface area contributed by atoms with Gasteiger partial charge in [0.25, 0.3) is 5.91 Å². The molecule has 0 spiro atoms. The summed E-state index contributed by atoms with van der Waals surface area (Å²) >= 11 is 0. The summed E-state index contributed by atoms with van der Waals surface area (Å²) in [5, 5.41) is 8.54. The van der Waals surface area contributed by atoms with Gasteiger partial charge in [-0.3, -0.25) is 33.7 Å². The fraction of sp³-hybridized carbons (Fsp3) is 0.794. The molecule has 13 nitrogen and oxygen atoms in total. The number of hydrogen-bond donors (Lipinski definition) is 4. The van der Waals surface area contributed by atoms with E-state index < -0.39 is 64.5 Å². The van der Waals surface area contributed by atoms with Gasteiger partial charge in [-0.25, -0.2) is 4.79 Å². The molecule has 6 atom stereocenters. The average Bonchev–Trinajstić information content (AvgIpc) is 3.24. The molecular weight excluding hydrogens is 604 g/mol. The number of likely N-dealkylation sites (tertiary alicyclic amines) is 2. The number of fused-ring (bicyclic) bond motifs is 1. The smallest absolute Gasteiger partial charge is 0.315 e. The molecule has 2 aliphatic heterocycles. The van der Waals surface area contributed by atoms with Crippen LogP contribution in [0.1, 0.15) is 100 Å². The minimum Gasteiger partial charge on any atom is -0.363 e. The van der Waals surface area contributed by atoms with Crippen LogP contribution in [0.3, 0.4) is 0 Å². The lowest BCUT2D eigenvalue weighted by atomic mass is 9.80. The number of rotatable bonds is 11. The monoisotopic (exact) mass is 658 g/mol. The molecule has 5 N–H and O–H groups in total. The molecule has 47 heavy (non-hydrogen) atoms. The third kappa shape index (κ3) is 7.80. The highest BCUT2D eigenvalue weighted by Gasteiger charge is 2.70. The predicted octanol–water partition coefficient (Wildman–Crippen LogP) is 1.87. The van der Waals surface area contributed by atoms with Gasteiger partial charge in [-0.1, -0.05) is 74.7 Å². The summed E-state index contributed by atoms with van der Waals surface area (Å²) in [7, 11) is 0. The third-order valence-corrected chi connectivity index (χ3v) is 10.9. The van der Waals surface area contributed by atoms with E-state index in [9.17, 15) is 33.6 Å². The molecule has 0 radical (unpaired) electrons. The van der Waals surface area contributed by atoms with Crippen molar-refractivity contribution < 1.29 is 33.6 Å². The Morgan fingerprint density at radius 1 is 0.894 bits per heavy atom. The molecule has 2 heterocycles. The number of nitrogens with two attached hydrogens (primary N) is 1. The maximum absolute atomic E-state index is 14.3. The topological polar surface area (TPSA) is 188 Å². The Balaban J connectivity index is 1.52. The Morgan fingerprint density at radius 2 is 1.49 bits per heavy atom. The number of amides is 7. The zero-order chi connectivity index (χ0) is 35.2. The number of nitrogens with zero attached hydrogens (tertiary/aromatic N) is 2. The molecule has 0 bridgehead atoms. The summed E-state index contributed by atoms with van der Waals surface area (Å²) in [5.41, 5.74) is 3.83. The molecule has 13 heteroatoms. The van der Waals surface area contributed by atoms with Gasteiger partial charge in [0.1, 0.15) is 12.1 Å². The van der Waals surface area contributed by atoms with Crippen LogP contribution in [0.5, 0.6) is 0 Å². The van der Waals surface area contributed by atoms with Crippen LogP contribution in [0.15, 0.2) is 0 Å². The SMILES string of the molecule is CC(C)(C)[C@H](NC(=O)N[C@H](CN1C(=O)CCCC1=O)C(C)(C)C)C(=O)N1C[C@H]2[C@@H]([C@H]1C(=O)NC(CC1CCC1)C(=O)C(N)=O)C2(C)C. The molecule has 0 aromatic rings. The standard InChI is InChI=1S/C34H54N6O7/c1-32(2,3)21(17-39-22(41)13-10-14-23(39)42)37-31(47)38-27(33(4,5)6)30(46)40-16-19-24(34(19,7)8)25(40)29(45)36-20(26(43)28(35)44)15-18-11-9-12-18/h18-21,24-25,27H,9-17H2,1-8H3,(H2,35,44)(H,36,45)(H2,37,38,47)/t19-,20?,21+,24-,25-,27+/m0/s1. The highest BCUT2D eigenvalue weighted by atomic mass is 16.2. The number of Topliss-reactive ketones (excluding diaryl/α,β-unsaturated/α-hetero) is 1. The first-order valence-electron chi connectivity index (χ1n) is 17.0. The second kappa shape index (κ2) is 13.2. The van der Waals surface area contributed by atoms with Crippen molar-refractivity contribution in [1.82, 2.24) is 25.8 Å². The van der Waals surface area contributed by atoms with Crippen LogP contribution in [0.2, 0.25) is 0 Å². The zero-order valence-electron chi connectivity index (χ0n) is 29.2. The van der Waals surface area contributed by atoms with Gasteiger partial charge in [0.05, 0.1) is 12.1 Å². The van der Waals surface area contributed by atoms with Crippen LogP contribution in [-0.2, 0) is 28.8 Å². The number of carbonyl (C=O) groups is 7. The van der Waals surface area contributed by atoms with Crippen LogP contribution in [0.25, 0.3) is 0 Å². The van der Waals surface area contributed by atoms with Crippen molar-refractivity contribution in [2.45, 2.75) is 125 Å². The van der Waals surface area contributed by atoms with Gasteiger partial charge in [0.2, 0.25) is 29.4 Å². The van der Waals surface area contributed by atoms with E-state index in [-0.39, 0.29) is 54.4 Å². The largest absolute Gasteiger partial charge is 0.363 e. The van der Waals surface area contributed by atoms with E-state index in [1.54, 1.807) is 0 Å². The molecule has 7 amide bonds. The molecule has 4 rings (SSSR count). The normalized spacial score (nSPS) is 26.0. The minimum absolute atomic E-state index is 0.0155. The summed E-state index contributed by atoms with van der Waals surface area (Å²) in [4.78, 5) is 94.1. The van der Waals surface area contributed by atoms with E-state index >= 15 is 0 Å². The summed E-state index contributed by atoms with van der Waals surface area (Å²) < 4.78 is 0. The zero-order valence-corrected chi connectivity index (χ0v) is 29.2. The molecule has 2 saturated carbocycles. The first-order valence-corrected chi connectivity index (χ1v) is 17.0. The van der Waals surface area contributed by atoms with Crippen LogP contribution in [-0.4, -0.2) is 88.4 Å². The lowest BCUT2D eigenvalue weighted by Gasteiger charge is -2.39. The Bertz CT molecular complexity index is 1290. The Kier molecular flexibility index (Phi) is 10.2. The quantitative estimate of drug-likeness (QED) is 0.193. The Hall–Kier alpha value is -3.51. The number of piperidine rings is 2. The number of imide groups is 1. The third-order valence-electron chi connectivity index (χ3n) is 10.9. The first kappa shape index (κ1) is 36.3. The fourth-order valence-corrected chi connectivity index (χ4v) is 7.40. The van der Waals surface area contributed by atoms with E-state index in [0.717, 1.165) is 19.3 Å². The van der Waals surface area contributed by atoms with E-state index in [4.69, 9.17) is 5.73 Å². The Labute approximate surface area is 277 Å². The second-order valence-electron chi connectivity index (χ2n) is 16.8. The fourth-order valence-electron chi connectivity index (χ4n) is 7.40. The van der Waals surface area contributed by atoms with E-state index in [1.807, 2.05) is 55.4 Å². The van der Waals surface area contributed by atoms with Gasteiger partial charge in [-0.15, -0.1) is 0 Å². The average molecular weight is 659 g/mol. The summed E-state index contributed by atoms with van der Waals surface area (Å²) in [6, 6.07) is -4.21. The number of carbonyl (C=O) groups excluding carboxylic acids is 7. The van der Waals surface area contributed by atoms with E-state index in [2.05, 4.69) is 16.0 Å². The number of nitrogens with one attached hydrogen (secondary N) is 3. The van der Waals surface area contributed by atoms with Gasteiger partial charge in [0, 0.05) is 25.9 Å². The van der Waals surface area contributed by atoms with Gasteiger partial charge in [0.15, 0.2) is 0 Å². The van der Waals surface area contributed by atoms with Crippen molar-refractivity contribution in [2.24, 2.45) is 39.7 Å². The molecular formula is C34H54N6O7. The molecule has 0 aromatic heterocycles. The lowest BCUT2D eigenvalue weighted by Crippen LogP contribution is -2.63. The number of urea groups is 1. The molecule has 4 aliphatic rings. The predicted molar refractivity (Wildman–Crippen MR) is 173 cm³/mol. The highest BCUT2D eigenvalue weighted by molar-refractivity contribution is 6.37. The molecule has 262 valence electrons. The maximum atomic E-state index is 14.3. The molecule has 2 saturated heterocycles. The number of ketones is 1. The van der Waals surface area contributed by atoms with Gasteiger partial charge < -0.3 is 26.6 Å². The molecule has 1 unspecified atom stereocenters. The molecule has 4 fully saturated rings. The summed E-state index contributed by atoms with van der Waals surface area (Å²) in [6.07, 6.45) is 4.22. The van der Waals surface area contributed by atoms with Crippen molar-refractivity contribution in [2.75, 3.05) is 13.1 Å². The molecule has 0 aromatic carbocycles. The van der Waals surface area contributed by atoms with Crippen LogP contribution < -0.4 is 21.7 Å². The number of hydrogen-bond acceptors (Lipinski definition) is 7. The van der Waals surface area contributed by atoms with Crippen molar-refractivity contribution in [1.29, 1.82) is 0 Å². The molecule has 2 aliphatic carbocycles. The van der Waals surface area contributed by atoms with Crippen LogP contribution in [0, 0.1) is 34.0 Å². The summed E-state index contributed by atoms with van der Waals surface area (Å²) in [6.45, 7) is 15.6. The van der Waals surface area contributed by atoms with Crippen molar-refractivity contribution in [3.63, 3.8) is 0 Å². The van der Waals surface area contributed by atoms with Crippen molar-refractivity contribution in [3.8, 4) is 0 Å². The summed E-state index contributed by atoms with van der Waals surface area (Å²) in [5.74, 6) is -3.31. The minimum atomic E-state index is -1.11. The number of primary amides is 1. The van der Waals surface area contributed by atoms with Crippen LogP contribution >= 0.6 is 0 Å². The van der Waals surface area contributed by atoms with Crippen molar-refractivity contribution in [3.05, 3.63) is 0 Å². The van der Waals surface area contributed by atoms with Gasteiger partial charge in [-0.2, -0.15) is 0 Å². The maximum Gasteiger partial charge on any atom is 0.315 e. The lowest BCUT2D eigenvalue weighted by molar-refractivity contribution is -0.148. The Morgan fingerprint density at radius 3 is 1.98 bits per heavy atom. The van der Waals surface area contributed by atoms with Gasteiger partial charge in [-0.05, 0) is 46.8 Å². The van der Waals surface area contributed by atoms with E-state index in [0.29, 0.717) is 19.4 Å². The first-order chi connectivity index (χ1) is 21.6. The highest BCUT2D eigenvalue weighted by Crippen LogP contribution is 2.65. The van der Waals surface area contributed by atoms with Crippen LogP contribution in [0.4, 0.5) is 4.79 Å². The van der Waals surface area contributed by atoms with E-state index in [1.165, 1.54) is 9.80 Å². The van der Waals surface area contributed by atoms with Gasteiger partial charge >= 0.3 is 6.03 Å². The van der Waals surface area contributed by atoms with Crippen molar-refractivity contribution >= 4 is 41.4 Å².